The molecule has 3 nitrogen and oxygen atoms in total. The van der Waals surface area contributed by atoms with E-state index in [1.165, 1.54) is 5.56 Å². The summed E-state index contributed by atoms with van der Waals surface area (Å²) in [7, 11) is 1.64. The van der Waals surface area contributed by atoms with Gasteiger partial charge in [0.2, 0.25) is 0 Å². The molecule has 1 aliphatic rings. The van der Waals surface area contributed by atoms with Crippen molar-refractivity contribution in [3.05, 3.63) is 23.8 Å². The van der Waals surface area contributed by atoms with E-state index in [4.69, 9.17) is 9.47 Å². The van der Waals surface area contributed by atoms with Crippen molar-refractivity contribution in [1.29, 1.82) is 0 Å². The molecule has 0 unspecified atom stereocenters. The SMILES string of the molecule is CCOc1cc(CCC2(O)CC2)ccc1OC. The minimum atomic E-state index is -0.383. The Morgan fingerprint density at radius 1 is 1.29 bits per heavy atom. The van der Waals surface area contributed by atoms with Gasteiger partial charge >= 0.3 is 0 Å². The number of hydrogen-bond donors (Lipinski definition) is 1. The molecule has 0 bridgehead atoms. The van der Waals surface area contributed by atoms with Gasteiger partial charge < -0.3 is 14.6 Å². The second kappa shape index (κ2) is 4.96. The molecule has 1 saturated carbocycles. The van der Waals surface area contributed by atoms with Crippen molar-refractivity contribution in [2.45, 2.75) is 38.2 Å². The van der Waals surface area contributed by atoms with Crippen LogP contribution in [-0.2, 0) is 6.42 Å². The Morgan fingerprint density at radius 2 is 2.06 bits per heavy atom. The molecule has 17 heavy (non-hydrogen) atoms. The molecule has 1 aromatic rings. The van der Waals surface area contributed by atoms with Gasteiger partial charge in [-0.15, -0.1) is 0 Å². The predicted octanol–water partition coefficient (Wildman–Crippen LogP) is 2.55. The average Bonchev–Trinajstić information content (AvgIpc) is 3.06. The normalized spacial score (nSPS) is 16.6. The molecule has 0 heterocycles. The molecule has 94 valence electrons. The van der Waals surface area contributed by atoms with Crippen LogP contribution in [0.5, 0.6) is 11.5 Å². The first kappa shape index (κ1) is 12.2. The van der Waals surface area contributed by atoms with Crippen LogP contribution in [0.1, 0.15) is 31.7 Å². The third-order valence-electron chi connectivity index (χ3n) is 3.23. The Kier molecular flexibility index (Phi) is 3.57. The zero-order chi connectivity index (χ0) is 12.3. The first-order valence-electron chi connectivity index (χ1n) is 6.19. The van der Waals surface area contributed by atoms with Crippen LogP contribution in [0.25, 0.3) is 0 Å². The van der Waals surface area contributed by atoms with Gasteiger partial charge in [-0.1, -0.05) is 6.07 Å². The van der Waals surface area contributed by atoms with Crippen LogP contribution in [0.15, 0.2) is 18.2 Å². The van der Waals surface area contributed by atoms with E-state index in [9.17, 15) is 5.11 Å². The number of rotatable bonds is 6. The van der Waals surface area contributed by atoms with Gasteiger partial charge in [0.15, 0.2) is 11.5 Å². The molecule has 1 N–H and O–H groups in total. The molecule has 1 aliphatic carbocycles. The van der Waals surface area contributed by atoms with E-state index in [0.717, 1.165) is 37.2 Å². The highest BCUT2D eigenvalue weighted by Gasteiger charge is 2.39. The monoisotopic (exact) mass is 236 g/mol. The maximum Gasteiger partial charge on any atom is 0.161 e. The smallest absolute Gasteiger partial charge is 0.161 e. The summed E-state index contributed by atoms with van der Waals surface area (Å²) in [6.07, 6.45) is 3.62. The maximum absolute atomic E-state index is 9.81. The van der Waals surface area contributed by atoms with E-state index in [0.29, 0.717) is 6.61 Å². The fourth-order valence-electron chi connectivity index (χ4n) is 1.92. The Hall–Kier alpha value is -1.22. The van der Waals surface area contributed by atoms with Crippen LogP contribution in [0.2, 0.25) is 0 Å². The Bertz CT molecular complexity index is 383. The Labute approximate surface area is 102 Å². The molecule has 0 amide bonds. The van der Waals surface area contributed by atoms with Gasteiger partial charge in [-0.25, -0.2) is 0 Å². The molecule has 1 aromatic carbocycles. The molecule has 3 heteroatoms. The second-order valence-electron chi connectivity index (χ2n) is 4.64. The summed E-state index contributed by atoms with van der Waals surface area (Å²) < 4.78 is 10.8. The minimum Gasteiger partial charge on any atom is -0.493 e. The largest absolute Gasteiger partial charge is 0.493 e. The van der Waals surface area contributed by atoms with Crippen molar-refractivity contribution in [1.82, 2.24) is 0 Å². The van der Waals surface area contributed by atoms with Crippen molar-refractivity contribution in [3.8, 4) is 11.5 Å². The van der Waals surface area contributed by atoms with E-state index in [-0.39, 0.29) is 5.60 Å². The number of aliphatic hydroxyl groups is 1. The van der Waals surface area contributed by atoms with Gasteiger partial charge in [-0.3, -0.25) is 0 Å². The summed E-state index contributed by atoms with van der Waals surface area (Å²) in [5.74, 6) is 1.55. The molecule has 0 atom stereocenters. The van der Waals surface area contributed by atoms with Crippen molar-refractivity contribution in [3.63, 3.8) is 0 Å². The first-order valence-corrected chi connectivity index (χ1v) is 6.19. The lowest BCUT2D eigenvalue weighted by molar-refractivity contribution is 0.140. The Morgan fingerprint density at radius 3 is 2.65 bits per heavy atom. The highest BCUT2D eigenvalue weighted by molar-refractivity contribution is 5.43. The Balaban J connectivity index is 2.04. The molecule has 0 aliphatic heterocycles. The second-order valence-corrected chi connectivity index (χ2v) is 4.64. The third-order valence-corrected chi connectivity index (χ3v) is 3.23. The van der Waals surface area contributed by atoms with Crippen LogP contribution in [0, 0.1) is 0 Å². The summed E-state index contributed by atoms with van der Waals surface area (Å²) in [5, 5.41) is 9.81. The summed E-state index contributed by atoms with van der Waals surface area (Å²) in [4.78, 5) is 0. The summed E-state index contributed by atoms with van der Waals surface area (Å²) >= 11 is 0. The standard InChI is InChI=1S/C14H20O3/c1-3-17-13-10-11(4-5-12(13)16-2)6-7-14(15)8-9-14/h4-5,10,15H,3,6-9H2,1-2H3. The summed E-state index contributed by atoms with van der Waals surface area (Å²) in [5.41, 5.74) is 0.806. The number of aryl methyl sites for hydroxylation is 1. The third kappa shape index (κ3) is 3.13. The first-order chi connectivity index (χ1) is 8.17. The van der Waals surface area contributed by atoms with Crippen molar-refractivity contribution in [2.24, 2.45) is 0 Å². The molecular weight excluding hydrogens is 216 g/mol. The lowest BCUT2D eigenvalue weighted by atomic mass is 10.1. The molecule has 0 radical (unpaired) electrons. The van der Waals surface area contributed by atoms with Crippen LogP contribution in [0.4, 0.5) is 0 Å². The lowest BCUT2D eigenvalue weighted by Crippen LogP contribution is -2.07. The highest BCUT2D eigenvalue weighted by atomic mass is 16.5. The molecule has 0 saturated heterocycles. The van der Waals surface area contributed by atoms with Crippen LogP contribution in [0.3, 0.4) is 0 Å². The molecular formula is C14H20O3. The zero-order valence-electron chi connectivity index (χ0n) is 10.5. The molecule has 1 fully saturated rings. The van der Waals surface area contributed by atoms with E-state index in [2.05, 4.69) is 0 Å². The van der Waals surface area contributed by atoms with Gasteiger partial charge in [-0.05, 0) is 50.3 Å². The van der Waals surface area contributed by atoms with E-state index >= 15 is 0 Å². The van der Waals surface area contributed by atoms with Gasteiger partial charge in [0.25, 0.3) is 0 Å². The predicted molar refractivity (Wildman–Crippen MR) is 66.7 cm³/mol. The van der Waals surface area contributed by atoms with E-state index in [1.54, 1.807) is 7.11 Å². The summed E-state index contributed by atoms with van der Waals surface area (Å²) in [6.45, 7) is 2.59. The molecule has 2 rings (SSSR count). The van der Waals surface area contributed by atoms with Crippen LogP contribution in [-0.4, -0.2) is 24.4 Å². The van der Waals surface area contributed by atoms with E-state index < -0.39 is 0 Å². The molecule has 0 spiro atoms. The number of ether oxygens (including phenoxy) is 2. The van der Waals surface area contributed by atoms with Crippen molar-refractivity contribution in [2.75, 3.05) is 13.7 Å². The average molecular weight is 236 g/mol. The van der Waals surface area contributed by atoms with Gasteiger partial charge in [0.05, 0.1) is 19.3 Å². The summed E-state index contributed by atoms with van der Waals surface area (Å²) in [6, 6.07) is 5.97. The quantitative estimate of drug-likeness (QED) is 0.825. The lowest BCUT2D eigenvalue weighted by Gasteiger charge is -2.12. The number of hydrogen-bond acceptors (Lipinski definition) is 3. The van der Waals surface area contributed by atoms with Crippen molar-refractivity contribution >= 4 is 0 Å². The van der Waals surface area contributed by atoms with Gasteiger partial charge in [-0.2, -0.15) is 0 Å². The molecule has 0 aromatic heterocycles. The van der Waals surface area contributed by atoms with Crippen LogP contribution < -0.4 is 9.47 Å². The number of benzene rings is 1. The van der Waals surface area contributed by atoms with Gasteiger partial charge in [0, 0.05) is 0 Å². The number of methoxy groups -OCH3 is 1. The fraction of sp³-hybridized carbons (Fsp3) is 0.571. The maximum atomic E-state index is 9.81. The van der Waals surface area contributed by atoms with Crippen LogP contribution >= 0.6 is 0 Å². The van der Waals surface area contributed by atoms with E-state index in [1.807, 2.05) is 25.1 Å². The minimum absolute atomic E-state index is 0.383. The zero-order valence-corrected chi connectivity index (χ0v) is 10.5. The topological polar surface area (TPSA) is 38.7 Å². The van der Waals surface area contributed by atoms with Crippen molar-refractivity contribution < 1.29 is 14.6 Å². The fourth-order valence-corrected chi connectivity index (χ4v) is 1.92. The highest BCUT2D eigenvalue weighted by Crippen LogP contribution is 2.39. The van der Waals surface area contributed by atoms with Gasteiger partial charge in [0.1, 0.15) is 0 Å².